The molecule has 4 nitrogen and oxygen atoms in total. The molecule has 0 saturated carbocycles. The summed E-state index contributed by atoms with van der Waals surface area (Å²) in [6, 6.07) is 0. The predicted octanol–water partition coefficient (Wildman–Crippen LogP) is 5.68. The zero-order valence-electron chi connectivity index (χ0n) is 17.7. The molecule has 0 atom stereocenters. The van der Waals surface area contributed by atoms with Crippen molar-refractivity contribution in [3.63, 3.8) is 0 Å². The third kappa shape index (κ3) is 18.4. The van der Waals surface area contributed by atoms with Gasteiger partial charge < -0.3 is 0 Å². The van der Waals surface area contributed by atoms with Gasteiger partial charge in [-0.15, -0.1) is 0 Å². The van der Waals surface area contributed by atoms with E-state index in [0.29, 0.717) is 22.9 Å². The molecule has 0 spiro atoms. The van der Waals surface area contributed by atoms with Crippen LogP contribution in [0.1, 0.15) is 104 Å². The van der Waals surface area contributed by atoms with Crippen LogP contribution in [0.2, 0.25) is 10.0 Å². The van der Waals surface area contributed by atoms with Crippen LogP contribution < -0.4 is 0 Å². The Bertz CT molecular complexity index is 406. The Hall–Kier alpha value is -0.697. The second-order valence-corrected chi connectivity index (χ2v) is 11.3. The quantitative estimate of drug-likeness (QED) is 0.141. The van der Waals surface area contributed by atoms with Crippen molar-refractivity contribution in [3.05, 3.63) is 0 Å². The van der Waals surface area contributed by atoms with Gasteiger partial charge in [-0.05, 0) is 0 Å². The average Bonchev–Trinajstić information content (AvgIpc) is 2.61. The van der Waals surface area contributed by atoms with Crippen molar-refractivity contribution in [3.8, 4) is 0 Å². The number of rotatable bonds is 20. The van der Waals surface area contributed by atoms with Gasteiger partial charge in [0.1, 0.15) is 0 Å². The van der Waals surface area contributed by atoms with Crippen LogP contribution in [0.4, 0.5) is 0 Å². The Morgan fingerprint density at radius 1 is 0.519 bits per heavy atom. The summed E-state index contributed by atoms with van der Waals surface area (Å²) in [5, 5.41) is 0.900. The van der Waals surface area contributed by atoms with Gasteiger partial charge in [0.25, 0.3) is 0 Å². The van der Waals surface area contributed by atoms with Gasteiger partial charge in [0.15, 0.2) is 0 Å². The van der Waals surface area contributed by atoms with Crippen LogP contribution in [0, 0.1) is 0 Å². The van der Waals surface area contributed by atoms with Crippen LogP contribution in [-0.4, -0.2) is 23.1 Å². The van der Waals surface area contributed by atoms with Crippen molar-refractivity contribution in [2.24, 2.45) is 0 Å². The first-order chi connectivity index (χ1) is 13.0. The molecule has 27 heavy (non-hydrogen) atoms. The second-order valence-electron chi connectivity index (χ2n) is 7.69. The van der Waals surface area contributed by atoms with Gasteiger partial charge in [-0.3, -0.25) is 0 Å². The summed E-state index contributed by atoms with van der Waals surface area (Å²) in [5.74, 6) is 0.0965. The molecule has 0 aliphatic heterocycles. The fraction of sp³-hybridized carbons (Fsp3) is 0.818. The molecule has 0 aliphatic rings. The summed E-state index contributed by atoms with van der Waals surface area (Å²) in [6.07, 6.45) is 12.1. The van der Waals surface area contributed by atoms with E-state index in [2.05, 4.69) is 13.8 Å². The van der Waals surface area contributed by atoms with Crippen molar-refractivity contribution >= 4 is 23.1 Å². The number of ketones is 4. The zero-order chi connectivity index (χ0) is 20.3. The molecule has 152 valence electrons. The topological polar surface area (TPSA) is 68.3 Å². The predicted molar refractivity (Wildman–Crippen MR) is 106 cm³/mol. The standard InChI is InChI=1S/2C11H19O2.Zn/c2*1-3-4-5-6-7-8-11(13)9-10(2)12;/h2*2-9H2,1H3;. The van der Waals surface area contributed by atoms with Gasteiger partial charge >= 0.3 is 173 Å². The third-order valence-electron chi connectivity index (χ3n) is 4.82. The average molecular weight is 432 g/mol. The van der Waals surface area contributed by atoms with E-state index < -0.39 is 17.1 Å². The molecule has 5 heteroatoms. The first-order valence-electron chi connectivity index (χ1n) is 11.1. The van der Waals surface area contributed by atoms with Gasteiger partial charge in [0.2, 0.25) is 0 Å². The summed E-state index contributed by atoms with van der Waals surface area (Å²) in [7, 11) is 0. The Labute approximate surface area is 173 Å². The molecule has 0 N–H and O–H groups in total. The molecule has 0 aromatic rings. The SMILES string of the molecule is CCCCCCCC(=O)CC(=O)[CH2][Zn][CH2]C(=O)CC(=O)CCCCCCC. The molecular weight excluding hydrogens is 394 g/mol. The zero-order valence-corrected chi connectivity index (χ0v) is 20.6. The van der Waals surface area contributed by atoms with Gasteiger partial charge in [0.05, 0.1) is 0 Å². The van der Waals surface area contributed by atoms with Gasteiger partial charge in [-0.25, -0.2) is 0 Å². The third-order valence-corrected chi connectivity index (χ3v) is 8.64. The van der Waals surface area contributed by atoms with E-state index in [1.807, 2.05) is 0 Å². The van der Waals surface area contributed by atoms with E-state index >= 15 is 0 Å². The molecule has 0 amide bonds. The summed E-state index contributed by atoms with van der Waals surface area (Å²) >= 11 is -1.28. The van der Waals surface area contributed by atoms with E-state index in [1.54, 1.807) is 0 Å². The maximum absolute atomic E-state index is 11.9. The van der Waals surface area contributed by atoms with E-state index in [-0.39, 0.29) is 36.0 Å². The van der Waals surface area contributed by atoms with E-state index in [1.165, 1.54) is 25.7 Å². The van der Waals surface area contributed by atoms with E-state index in [9.17, 15) is 19.2 Å². The Balaban J connectivity index is 3.67. The number of unbranched alkanes of at least 4 members (excludes halogenated alkanes) is 8. The van der Waals surface area contributed by atoms with Crippen LogP contribution in [0.5, 0.6) is 0 Å². The monoisotopic (exact) mass is 430 g/mol. The number of hydrogen-bond acceptors (Lipinski definition) is 4. The minimum atomic E-state index is -1.28. The first-order valence-corrected chi connectivity index (χ1v) is 15.3. The van der Waals surface area contributed by atoms with Gasteiger partial charge in [0, 0.05) is 0 Å². The number of Topliss-reactive ketones (excluding diaryl/α,β-unsaturated/α-hetero) is 4. The van der Waals surface area contributed by atoms with Crippen LogP contribution >= 0.6 is 0 Å². The molecule has 0 heterocycles. The number of hydrogen-bond donors (Lipinski definition) is 0. The Morgan fingerprint density at radius 3 is 1.26 bits per heavy atom. The summed E-state index contributed by atoms with van der Waals surface area (Å²) < 4.78 is 0. The van der Waals surface area contributed by atoms with Crippen LogP contribution in [0.3, 0.4) is 0 Å². The molecule has 0 unspecified atom stereocenters. The molecule has 0 aromatic heterocycles. The molecule has 0 rings (SSSR count). The first kappa shape index (κ1) is 26.3. The van der Waals surface area contributed by atoms with Crippen molar-refractivity contribution in [2.75, 3.05) is 0 Å². The van der Waals surface area contributed by atoms with Crippen LogP contribution in [0.25, 0.3) is 0 Å². The second kappa shape index (κ2) is 18.7. The summed E-state index contributed by atoms with van der Waals surface area (Å²) in [6.45, 7) is 4.31. The fourth-order valence-electron chi connectivity index (χ4n) is 3.13. The van der Waals surface area contributed by atoms with Crippen molar-refractivity contribution in [2.45, 2.75) is 114 Å². The molecule has 0 radical (unpaired) electrons. The fourth-order valence-corrected chi connectivity index (χ4v) is 5.89. The Kier molecular flexibility index (Phi) is 18.2. The number of carbonyl (C=O) groups is 4. The molecular formula is C22H38O4Zn. The molecule has 0 bridgehead atoms. The molecule has 0 saturated heterocycles. The Morgan fingerprint density at radius 2 is 0.889 bits per heavy atom. The number of carbonyl (C=O) groups excluding carboxylic acids is 4. The molecule has 0 fully saturated rings. The van der Waals surface area contributed by atoms with Crippen molar-refractivity contribution in [1.29, 1.82) is 0 Å². The molecule has 0 aliphatic carbocycles. The maximum atomic E-state index is 11.9. The normalized spacial score (nSPS) is 10.4. The van der Waals surface area contributed by atoms with Crippen LogP contribution in [-0.2, 0) is 36.3 Å². The summed E-state index contributed by atoms with van der Waals surface area (Å²) in [5.41, 5.74) is 0. The van der Waals surface area contributed by atoms with Gasteiger partial charge in [-0.2, -0.15) is 0 Å². The minimum absolute atomic E-state index is 0.00334. The van der Waals surface area contributed by atoms with E-state index in [4.69, 9.17) is 0 Å². The van der Waals surface area contributed by atoms with Crippen LogP contribution in [0.15, 0.2) is 0 Å². The van der Waals surface area contributed by atoms with Gasteiger partial charge in [-0.1, -0.05) is 0 Å². The van der Waals surface area contributed by atoms with E-state index in [0.717, 1.165) is 38.5 Å². The molecule has 0 aromatic carbocycles. The van der Waals surface area contributed by atoms with Crippen molar-refractivity contribution in [1.82, 2.24) is 0 Å². The summed E-state index contributed by atoms with van der Waals surface area (Å²) in [4.78, 5) is 47.3. The van der Waals surface area contributed by atoms with Crippen molar-refractivity contribution < 1.29 is 36.3 Å².